The van der Waals surface area contributed by atoms with Crippen molar-refractivity contribution in [2.24, 2.45) is 0 Å². The molecule has 0 aliphatic carbocycles. The van der Waals surface area contributed by atoms with Crippen LogP contribution in [-0.2, 0) is 29.0 Å². The third-order valence-electron chi connectivity index (χ3n) is 5.57. The van der Waals surface area contributed by atoms with Crippen LogP contribution < -0.4 is 5.32 Å². The molecule has 0 aliphatic heterocycles. The first-order valence-electron chi connectivity index (χ1n) is 11.4. The molecule has 0 bridgehead atoms. The summed E-state index contributed by atoms with van der Waals surface area (Å²) in [7, 11) is 0. The highest BCUT2D eigenvalue weighted by Gasteiger charge is 2.31. The van der Waals surface area contributed by atoms with E-state index in [0.717, 1.165) is 16.7 Å². The lowest BCUT2D eigenvalue weighted by molar-refractivity contribution is -0.141. The Morgan fingerprint density at radius 1 is 0.853 bits per heavy atom. The molecule has 2 amide bonds. The highest BCUT2D eigenvalue weighted by Crippen LogP contribution is 2.26. The molecule has 34 heavy (non-hydrogen) atoms. The third-order valence-corrected chi connectivity index (χ3v) is 6.27. The van der Waals surface area contributed by atoms with Gasteiger partial charge in [-0.25, -0.2) is 0 Å². The molecule has 0 spiro atoms. The monoisotopic (exact) mass is 496 g/mol. The quantitative estimate of drug-likeness (QED) is 0.394. The number of carbonyl (C=O) groups is 2. The van der Waals surface area contributed by atoms with Gasteiger partial charge in [-0.2, -0.15) is 0 Å². The van der Waals surface area contributed by atoms with E-state index < -0.39 is 6.04 Å². The van der Waals surface area contributed by atoms with Gasteiger partial charge in [0.25, 0.3) is 0 Å². The average Bonchev–Trinajstić information content (AvgIpc) is 2.80. The lowest BCUT2D eigenvalue weighted by Gasteiger charge is -2.32. The van der Waals surface area contributed by atoms with Crippen LogP contribution in [0.5, 0.6) is 0 Å². The average molecular weight is 497 g/mol. The molecule has 0 saturated heterocycles. The Hall–Kier alpha value is -2.82. The van der Waals surface area contributed by atoms with E-state index in [4.69, 9.17) is 23.2 Å². The van der Waals surface area contributed by atoms with Crippen LogP contribution in [-0.4, -0.2) is 28.8 Å². The standard InChI is InChI=1S/C28H30Cl2N2O2/c1-19(2)31-28(34)26(16-21-8-5-4-6-9-21)32(18-22-14-12-20(3)13-15-22)27(33)17-23-24(29)10-7-11-25(23)30/h4-15,19,26H,16-18H2,1-3H3,(H,31,34)/t26-/m0/s1. The molecular weight excluding hydrogens is 467 g/mol. The van der Waals surface area contributed by atoms with Crippen molar-refractivity contribution in [3.8, 4) is 0 Å². The van der Waals surface area contributed by atoms with Crippen LogP contribution in [0.15, 0.2) is 72.8 Å². The van der Waals surface area contributed by atoms with Gasteiger partial charge in [0.2, 0.25) is 11.8 Å². The van der Waals surface area contributed by atoms with Gasteiger partial charge in [0, 0.05) is 29.1 Å². The SMILES string of the molecule is Cc1ccc(CN(C(=O)Cc2c(Cl)cccc2Cl)[C@@H](Cc2ccccc2)C(=O)NC(C)C)cc1. The molecule has 4 nitrogen and oxygen atoms in total. The summed E-state index contributed by atoms with van der Waals surface area (Å²) in [6.45, 7) is 6.13. The summed E-state index contributed by atoms with van der Waals surface area (Å²) >= 11 is 12.7. The van der Waals surface area contributed by atoms with Gasteiger partial charge < -0.3 is 10.2 Å². The fourth-order valence-corrected chi connectivity index (χ4v) is 4.31. The maximum absolute atomic E-state index is 13.7. The van der Waals surface area contributed by atoms with Gasteiger partial charge in [-0.1, -0.05) is 89.4 Å². The Morgan fingerprint density at radius 2 is 1.47 bits per heavy atom. The highest BCUT2D eigenvalue weighted by atomic mass is 35.5. The van der Waals surface area contributed by atoms with E-state index >= 15 is 0 Å². The number of nitrogens with zero attached hydrogens (tertiary/aromatic N) is 1. The number of rotatable bonds is 9. The number of aryl methyl sites for hydroxylation is 1. The van der Waals surface area contributed by atoms with Gasteiger partial charge in [0.15, 0.2) is 0 Å². The molecule has 178 valence electrons. The molecule has 0 saturated carbocycles. The first kappa shape index (κ1) is 25.8. The van der Waals surface area contributed by atoms with Crippen molar-refractivity contribution in [3.05, 3.63) is 105 Å². The second kappa shape index (κ2) is 12.0. The van der Waals surface area contributed by atoms with Gasteiger partial charge in [-0.15, -0.1) is 0 Å². The normalized spacial score (nSPS) is 11.8. The first-order chi connectivity index (χ1) is 16.2. The number of hydrogen-bond donors (Lipinski definition) is 1. The van der Waals surface area contributed by atoms with Crippen LogP contribution in [0.2, 0.25) is 10.0 Å². The number of halogens is 2. The van der Waals surface area contributed by atoms with E-state index in [-0.39, 0.29) is 24.3 Å². The molecule has 0 unspecified atom stereocenters. The minimum atomic E-state index is -0.695. The molecule has 6 heteroatoms. The van der Waals surface area contributed by atoms with Crippen LogP contribution in [0.1, 0.15) is 36.1 Å². The predicted octanol–water partition coefficient (Wildman–Crippen LogP) is 6.01. The number of amides is 2. The molecule has 1 N–H and O–H groups in total. The Bertz CT molecular complexity index is 1090. The molecule has 3 aromatic carbocycles. The zero-order valence-electron chi connectivity index (χ0n) is 19.7. The summed E-state index contributed by atoms with van der Waals surface area (Å²) in [5, 5.41) is 3.86. The zero-order valence-corrected chi connectivity index (χ0v) is 21.2. The van der Waals surface area contributed by atoms with Crippen molar-refractivity contribution in [2.75, 3.05) is 0 Å². The van der Waals surface area contributed by atoms with Crippen LogP contribution in [0.3, 0.4) is 0 Å². The van der Waals surface area contributed by atoms with Gasteiger partial charge >= 0.3 is 0 Å². The largest absolute Gasteiger partial charge is 0.352 e. The number of benzene rings is 3. The highest BCUT2D eigenvalue weighted by molar-refractivity contribution is 6.36. The molecule has 0 aliphatic rings. The summed E-state index contributed by atoms with van der Waals surface area (Å²) in [6, 6.07) is 22.1. The van der Waals surface area contributed by atoms with E-state index in [1.165, 1.54) is 0 Å². The van der Waals surface area contributed by atoms with E-state index in [2.05, 4.69) is 5.32 Å². The van der Waals surface area contributed by atoms with Crippen LogP contribution >= 0.6 is 23.2 Å². The van der Waals surface area contributed by atoms with E-state index in [1.54, 1.807) is 23.1 Å². The second-order valence-corrected chi connectivity index (χ2v) is 9.57. The smallest absolute Gasteiger partial charge is 0.243 e. The molecular formula is C28H30Cl2N2O2. The van der Waals surface area contributed by atoms with Crippen molar-refractivity contribution in [1.82, 2.24) is 10.2 Å². The fraction of sp³-hybridized carbons (Fsp3) is 0.286. The van der Waals surface area contributed by atoms with Crippen LogP contribution in [0.25, 0.3) is 0 Å². The van der Waals surface area contributed by atoms with E-state index in [0.29, 0.717) is 28.6 Å². The van der Waals surface area contributed by atoms with Crippen LogP contribution in [0, 0.1) is 6.92 Å². The van der Waals surface area contributed by atoms with Crippen molar-refractivity contribution in [3.63, 3.8) is 0 Å². The minimum Gasteiger partial charge on any atom is -0.352 e. The van der Waals surface area contributed by atoms with Crippen molar-refractivity contribution < 1.29 is 9.59 Å². The summed E-state index contributed by atoms with van der Waals surface area (Å²) in [4.78, 5) is 28.8. The molecule has 3 aromatic rings. The lowest BCUT2D eigenvalue weighted by Crippen LogP contribution is -2.52. The zero-order chi connectivity index (χ0) is 24.7. The first-order valence-corrected chi connectivity index (χ1v) is 12.1. The fourth-order valence-electron chi connectivity index (χ4n) is 3.78. The number of nitrogens with one attached hydrogen (secondary N) is 1. The molecule has 0 fully saturated rings. The Morgan fingerprint density at radius 3 is 2.06 bits per heavy atom. The molecule has 0 aromatic heterocycles. The predicted molar refractivity (Wildman–Crippen MR) is 139 cm³/mol. The van der Waals surface area contributed by atoms with Crippen molar-refractivity contribution in [2.45, 2.75) is 52.2 Å². The maximum Gasteiger partial charge on any atom is 0.243 e. The topological polar surface area (TPSA) is 49.4 Å². The number of carbonyl (C=O) groups excluding carboxylic acids is 2. The van der Waals surface area contributed by atoms with Crippen molar-refractivity contribution in [1.29, 1.82) is 0 Å². The van der Waals surface area contributed by atoms with Gasteiger partial charge in [0.05, 0.1) is 6.42 Å². The van der Waals surface area contributed by atoms with Gasteiger partial charge in [-0.3, -0.25) is 9.59 Å². The van der Waals surface area contributed by atoms with E-state index in [1.807, 2.05) is 75.4 Å². The Balaban J connectivity index is 2.00. The number of hydrogen-bond acceptors (Lipinski definition) is 2. The molecule has 3 rings (SSSR count). The van der Waals surface area contributed by atoms with Crippen LogP contribution in [0.4, 0.5) is 0 Å². The second-order valence-electron chi connectivity index (χ2n) is 8.75. The van der Waals surface area contributed by atoms with Gasteiger partial charge in [-0.05, 0) is 49.6 Å². The Kier molecular flexibility index (Phi) is 9.14. The summed E-state index contributed by atoms with van der Waals surface area (Å²) in [6.07, 6.45) is 0.401. The Labute approximate surface area is 211 Å². The lowest BCUT2D eigenvalue weighted by atomic mass is 10.0. The maximum atomic E-state index is 13.7. The molecule has 1 atom stereocenters. The van der Waals surface area contributed by atoms with Crippen molar-refractivity contribution >= 4 is 35.0 Å². The molecule has 0 heterocycles. The molecule has 0 radical (unpaired) electrons. The third kappa shape index (κ3) is 7.09. The summed E-state index contributed by atoms with van der Waals surface area (Å²) < 4.78 is 0. The van der Waals surface area contributed by atoms with E-state index in [9.17, 15) is 9.59 Å². The van der Waals surface area contributed by atoms with Gasteiger partial charge in [0.1, 0.15) is 6.04 Å². The minimum absolute atomic E-state index is 0.00458. The summed E-state index contributed by atoms with van der Waals surface area (Å²) in [5.41, 5.74) is 3.61. The summed E-state index contributed by atoms with van der Waals surface area (Å²) in [5.74, 6) is -0.403.